The van der Waals surface area contributed by atoms with Crippen LogP contribution in [0.2, 0.25) is 0 Å². The second-order valence-corrected chi connectivity index (χ2v) is 9.55. The lowest BCUT2D eigenvalue weighted by Gasteiger charge is -2.32. The average Bonchev–Trinajstić information content (AvgIpc) is 3.43. The monoisotopic (exact) mass is 484 g/mol. The molecule has 1 saturated carbocycles. The maximum absolute atomic E-state index is 13.8. The predicted molar refractivity (Wildman–Crippen MR) is 143 cm³/mol. The Bertz CT molecular complexity index is 1110. The SMILES string of the molecule is COc1cccc(CN(C(=O)CCc2ccccc2)[C@@H](Cc2ccccc2)C(=O)NC2CCCC2)c1. The molecule has 5 nitrogen and oxygen atoms in total. The molecule has 0 aromatic heterocycles. The molecule has 3 aromatic carbocycles. The van der Waals surface area contributed by atoms with Crippen molar-refractivity contribution in [1.82, 2.24) is 10.2 Å². The summed E-state index contributed by atoms with van der Waals surface area (Å²) in [6.07, 6.45) is 5.73. The van der Waals surface area contributed by atoms with Gasteiger partial charge in [-0.25, -0.2) is 0 Å². The van der Waals surface area contributed by atoms with Gasteiger partial charge in [0.15, 0.2) is 0 Å². The maximum Gasteiger partial charge on any atom is 0.243 e. The smallest absolute Gasteiger partial charge is 0.243 e. The summed E-state index contributed by atoms with van der Waals surface area (Å²) in [6.45, 7) is 0.348. The maximum atomic E-state index is 13.8. The van der Waals surface area contributed by atoms with Gasteiger partial charge in [-0.15, -0.1) is 0 Å². The van der Waals surface area contributed by atoms with E-state index in [1.165, 1.54) is 0 Å². The van der Waals surface area contributed by atoms with Crippen molar-refractivity contribution >= 4 is 11.8 Å². The number of methoxy groups -OCH3 is 1. The molecule has 5 heteroatoms. The fraction of sp³-hybridized carbons (Fsp3) is 0.355. The van der Waals surface area contributed by atoms with Crippen LogP contribution in [0, 0.1) is 0 Å². The number of ether oxygens (including phenoxy) is 1. The highest BCUT2D eigenvalue weighted by molar-refractivity contribution is 5.88. The lowest BCUT2D eigenvalue weighted by Crippen LogP contribution is -2.52. The number of aryl methyl sites for hydroxylation is 1. The Morgan fingerprint density at radius 2 is 1.53 bits per heavy atom. The number of nitrogens with zero attached hydrogens (tertiary/aromatic N) is 1. The van der Waals surface area contributed by atoms with Crippen LogP contribution >= 0.6 is 0 Å². The van der Waals surface area contributed by atoms with Crippen LogP contribution in [-0.2, 0) is 29.0 Å². The number of hydrogen-bond donors (Lipinski definition) is 1. The molecular formula is C31H36N2O3. The molecule has 3 aromatic rings. The minimum atomic E-state index is -0.595. The minimum Gasteiger partial charge on any atom is -0.497 e. The summed E-state index contributed by atoms with van der Waals surface area (Å²) >= 11 is 0. The Kier molecular flexibility index (Phi) is 9.15. The fourth-order valence-electron chi connectivity index (χ4n) is 4.93. The van der Waals surface area contributed by atoms with Crippen LogP contribution in [0.1, 0.15) is 48.8 Å². The molecular weight excluding hydrogens is 448 g/mol. The highest BCUT2D eigenvalue weighted by Gasteiger charge is 2.32. The quantitative estimate of drug-likeness (QED) is 0.400. The minimum absolute atomic E-state index is 0.0239. The van der Waals surface area contributed by atoms with Gasteiger partial charge in [-0.2, -0.15) is 0 Å². The van der Waals surface area contributed by atoms with Gasteiger partial charge in [0.05, 0.1) is 7.11 Å². The molecule has 0 radical (unpaired) electrons. The second kappa shape index (κ2) is 12.9. The largest absolute Gasteiger partial charge is 0.497 e. The van der Waals surface area contributed by atoms with Gasteiger partial charge in [0, 0.05) is 25.4 Å². The first-order valence-corrected chi connectivity index (χ1v) is 12.9. The summed E-state index contributed by atoms with van der Waals surface area (Å²) in [5.74, 6) is 0.644. The Hall–Kier alpha value is -3.60. The molecule has 0 spiro atoms. The van der Waals surface area contributed by atoms with Crippen molar-refractivity contribution in [2.24, 2.45) is 0 Å². The molecule has 36 heavy (non-hydrogen) atoms. The molecule has 1 aliphatic rings. The zero-order valence-electron chi connectivity index (χ0n) is 21.1. The standard InChI is InChI=1S/C31H36N2O3/c1-36-28-18-10-15-26(21-28)23-33(30(34)20-19-24-11-4-2-5-12-24)29(22-25-13-6-3-7-14-25)31(35)32-27-16-8-9-17-27/h2-7,10-15,18,21,27,29H,8-9,16-17,19-20,22-23H2,1H3,(H,32,35)/t29-/m0/s1. The third-order valence-corrected chi connectivity index (χ3v) is 6.93. The van der Waals surface area contributed by atoms with E-state index in [4.69, 9.17) is 4.74 Å². The fourth-order valence-corrected chi connectivity index (χ4v) is 4.93. The molecule has 0 unspecified atom stereocenters. The summed E-state index contributed by atoms with van der Waals surface area (Å²) in [5.41, 5.74) is 3.09. The molecule has 0 aliphatic heterocycles. The summed E-state index contributed by atoms with van der Waals surface area (Å²) in [4.78, 5) is 29.2. The lowest BCUT2D eigenvalue weighted by atomic mass is 10.0. The van der Waals surface area contributed by atoms with E-state index in [1.54, 1.807) is 12.0 Å². The molecule has 188 valence electrons. The van der Waals surface area contributed by atoms with Crippen LogP contribution in [0.25, 0.3) is 0 Å². The van der Waals surface area contributed by atoms with Crippen molar-refractivity contribution in [3.63, 3.8) is 0 Å². The normalized spacial score (nSPS) is 14.2. The molecule has 0 heterocycles. The highest BCUT2D eigenvalue weighted by Crippen LogP contribution is 2.22. The zero-order valence-corrected chi connectivity index (χ0v) is 21.1. The van der Waals surface area contributed by atoms with Crippen molar-refractivity contribution < 1.29 is 14.3 Å². The van der Waals surface area contributed by atoms with E-state index in [0.29, 0.717) is 25.8 Å². The zero-order chi connectivity index (χ0) is 25.2. The Balaban J connectivity index is 1.62. The Morgan fingerprint density at radius 3 is 2.19 bits per heavy atom. The molecule has 0 saturated heterocycles. The van der Waals surface area contributed by atoms with Crippen molar-refractivity contribution in [1.29, 1.82) is 0 Å². The third-order valence-electron chi connectivity index (χ3n) is 6.93. The van der Waals surface area contributed by atoms with Crippen molar-refractivity contribution in [3.05, 3.63) is 102 Å². The van der Waals surface area contributed by atoms with E-state index in [2.05, 4.69) is 5.32 Å². The van der Waals surface area contributed by atoms with E-state index >= 15 is 0 Å². The molecule has 1 fully saturated rings. The predicted octanol–water partition coefficient (Wildman–Crippen LogP) is 5.33. The van der Waals surface area contributed by atoms with E-state index in [9.17, 15) is 9.59 Å². The Labute approximate surface area is 214 Å². The van der Waals surface area contributed by atoms with E-state index in [1.807, 2.05) is 84.9 Å². The van der Waals surface area contributed by atoms with Gasteiger partial charge in [0.2, 0.25) is 11.8 Å². The molecule has 1 N–H and O–H groups in total. The van der Waals surface area contributed by atoms with Gasteiger partial charge in [0.25, 0.3) is 0 Å². The molecule has 1 atom stereocenters. The summed E-state index contributed by atoms with van der Waals surface area (Å²) in [7, 11) is 1.63. The number of amides is 2. The van der Waals surface area contributed by atoms with Gasteiger partial charge in [0.1, 0.15) is 11.8 Å². The van der Waals surface area contributed by atoms with Crippen molar-refractivity contribution in [2.45, 2.75) is 63.6 Å². The van der Waals surface area contributed by atoms with E-state index in [0.717, 1.165) is 48.1 Å². The van der Waals surface area contributed by atoms with Crippen LogP contribution in [0.5, 0.6) is 5.75 Å². The number of nitrogens with one attached hydrogen (secondary N) is 1. The van der Waals surface area contributed by atoms with Crippen LogP contribution in [0.4, 0.5) is 0 Å². The van der Waals surface area contributed by atoms with Crippen LogP contribution < -0.4 is 10.1 Å². The molecule has 2 amide bonds. The second-order valence-electron chi connectivity index (χ2n) is 9.55. The number of rotatable bonds is 11. The molecule has 4 rings (SSSR count). The molecule has 1 aliphatic carbocycles. The highest BCUT2D eigenvalue weighted by atomic mass is 16.5. The lowest BCUT2D eigenvalue weighted by molar-refractivity contribution is -0.141. The summed E-state index contributed by atoms with van der Waals surface area (Å²) in [5, 5.41) is 3.26. The van der Waals surface area contributed by atoms with Crippen LogP contribution in [-0.4, -0.2) is 35.9 Å². The van der Waals surface area contributed by atoms with E-state index < -0.39 is 6.04 Å². The first kappa shape index (κ1) is 25.5. The van der Waals surface area contributed by atoms with Gasteiger partial charge in [-0.1, -0.05) is 85.6 Å². The van der Waals surface area contributed by atoms with Crippen molar-refractivity contribution in [3.8, 4) is 5.75 Å². The topological polar surface area (TPSA) is 58.6 Å². The summed E-state index contributed by atoms with van der Waals surface area (Å²) < 4.78 is 5.41. The third kappa shape index (κ3) is 7.20. The Morgan fingerprint density at radius 1 is 0.889 bits per heavy atom. The summed E-state index contributed by atoms with van der Waals surface area (Å²) in [6, 6.07) is 27.3. The average molecular weight is 485 g/mol. The first-order chi connectivity index (χ1) is 17.6. The number of hydrogen-bond acceptors (Lipinski definition) is 3. The number of carbonyl (C=O) groups excluding carboxylic acids is 2. The van der Waals surface area contributed by atoms with Crippen molar-refractivity contribution in [2.75, 3.05) is 7.11 Å². The number of benzene rings is 3. The van der Waals surface area contributed by atoms with Gasteiger partial charge in [-0.3, -0.25) is 9.59 Å². The van der Waals surface area contributed by atoms with Crippen LogP contribution in [0.15, 0.2) is 84.9 Å². The van der Waals surface area contributed by atoms with Gasteiger partial charge >= 0.3 is 0 Å². The first-order valence-electron chi connectivity index (χ1n) is 12.9. The molecule has 0 bridgehead atoms. The van der Waals surface area contributed by atoms with Crippen LogP contribution in [0.3, 0.4) is 0 Å². The number of carbonyl (C=O) groups is 2. The van der Waals surface area contributed by atoms with Gasteiger partial charge in [-0.05, 0) is 48.1 Å². The van der Waals surface area contributed by atoms with Gasteiger partial charge < -0.3 is 15.0 Å². The van der Waals surface area contributed by atoms with E-state index in [-0.39, 0.29) is 17.9 Å².